The van der Waals surface area contributed by atoms with Crippen LogP contribution in [0.4, 0.5) is 5.69 Å². The van der Waals surface area contributed by atoms with Gasteiger partial charge in [0.2, 0.25) is 0 Å². The van der Waals surface area contributed by atoms with E-state index in [4.69, 9.17) is 5.73 Å². The van der Waals surface area contributed by atoms with Crippen molar-refractivity contribution in [3.05, 3.63) is 47.2 Å². The molecule has 4 nitrogen and oxygen atoms in total. The first-order valence-electron chi connectivity index (χ1n) is 5.99. The average Bonchev–Trinajstić information content (AvgIpc) is 2.98. The number of nitrogens with two attached hydrogens (primary N) is 1. The Hall–Kier alpha value is -2.14. The van der Waals surface area contributed by atoms with Crippen LogP contribution in [-0.2, 0) is 0 Å². The topological polar surface area (TPSA) is 56.7 Å². The van der Waals surface area contributed by atoms with Gasteiger partial charge in [0.15, 0.2) is 5.13 Å². The number of benzene rings is 1. The molecule has 0 aliphatic carbocycles. The molecular weight excluding hydrogens is 256 g/mol. The third-order valence-electron chi connectivity index (χ3n) is 3.03. The van der Waals surface area contributed by atoms with Gasteiger partial charge in [0.05, 0.1) is 5.69 Å². The number of aromatic nitrogens is 3. The minimum atomic E-state index is 0.753. The van der Waals surface area contributed by atoms with Gasteiger partial charge in [-0.05, 0) is 38.1 Å². The zero-order chi connectivity index (χ0) is 13.4. The Labute approximate surface area is 115 Å². The number of aryl methyl sites for hydroxylation is 2. The van der Waals surface area contributed by atoms with Crippen LogP contribution in [0.3, 0.4) is 0 Å². The van der Waals surface area contributed by atoms with E-state index in [9.17, 15) is 0 Å². The van der Waals surface area contributed by atoms with Gasteiger partial charge in [-0.2, -0.15) is 0 Å². The van der Waals surface area contributed by atoms with Crippen molar-refractivity contribution >= 4 is 17.0 Å². The third-order valence-corrected chi connectivity index (χ3v) is 4.11. The van der Waals surface area contributed by atoms with Crippen LogP contribution in [-0.4, -0.2) is 14.5 Å². The van der Waals surface area contributed by atoms with E-state index in [2.05, 4.69) is 16.9 Å². The standard InChI is InChI=1S/C14H14N4S/c1-9-10(2)19-14(17-9)18-8-7-16-13(18)11-3-5-12(15)6-4-11/h3-8H,15H2,1-2H3. The van der Waals surface area contributed by atoms with Crippen LogP contribution in [0.1, 0.15) is 10.6 Å². The molecule has 1 aromatic carbocycles. The average molecular weight is 270 g/mol. The largest absolute Gasteiger partial charge is 0.399 e. The monoisotopic (exact) mass is 270 g/mol. The van der Waals surface area contributed by atoms with Crippen molar-refractivity contribution in [2.75, 3.05) is 5.73 Å². The van der Waals surface area contributed by atoms with Gasteiger partial charge in [-0.3, -0.25) is 4.57 Å². The van der Waals surface area contributed by atoms with Crippen LogP contribution in [0.25, 0.3) is 16.5 Å². The molecule has 2 aromatic heterocycles. The van der Waals surface area contributed by atoms with Crippen molar-refractivity contribution in [2.45, 2.75) is 13.8 Å². The van der Waals surface area contributed by atoms with Crippen molar-refractivity contribution in [3.63, 3.8) is 0 Å². The summed E-state index contributed by atoms with van der Waals surface area (Å²) in [5.74, 6) is 0.883. The lowest BCUT2D eigenvalue weighted by Gasteiger charge is -2.04. The minimum absolute atomic E-state index is 0.753. The fourth-order valence-electron chi connectivity index (χ4n) is 1.86. The Morgan fingerprint density at radius 2 is 1.89 bits per heavy atom. The van der Waals surface area contributed by atoms with Crippen LogP contribution in [0.2, 0.25) is 0 Å². The molecule has 0 unspecified atom stereocenters. The number of thiazole rings is 1. The summed E-state index contributed by atoms with van der Waals surface area (Å²) < 4.78 is 2.01. The second-order valence-corrected chi connectivity index (χ2v) is 5.56. The highest BCUT2D eigenvalue weighted by Crippen LogP contribution is 2.26. The Balaban J connectivity index is 2.10. The Morgan fingerprint density at radius 1 is 1.16 bits per heavy atom. The van der Waals surface area contributed by atoms with Gasteiger partial charge >= 0.3 is 0 Å². The van der Waals surface area contributed by atoms with Crippen LogP contribution in [0.15, 0.2) is 36.7 Å². The molecule has 0 bridgehead atoms. The molecule has 0 radical (unpaired) electrons. The number of anilines is 1. The highest BCUT2D eigenvalue weighted by Gasteiger charge is 2.11. The first kappa shape index (κ1) is 11.9. The summed E-state index contributed by atoms with van der Waals surface area (Å²) in [6.07, 6.45) is 3.72. The van der Waals surface area contributed by atoms with Gasteiger partial charge in [0.25, 0.3) is 0 Å². The molecule has 3 rings (SSSR count). The highest BCUT2D eigenvalue weighted by molar-refractivity contribution is 7.14. The first-order valence-corrected chi connectivity index (χ1v) is 6.80. The van der Waals surface area contributed by atoms with Crippen molar-refractivity contribution < 1.29 is 0 Å². The molecule has 0 atom stereocenters. The molecule has 0 fully saturated rings. The van der Waals surface area contributed by atoms with Gasteiger partial charge in [0.1, 0.15) is 5.82 Å². The van der Waals surface area contributed by atoms with Crippen molar-refractivity contribution in [3.8, 4) is 16.5 Å². The van der Waals surface area contributed by atoms with E-state index in [1.807, 2.05) is 42.0 Å². The molecule has 2 N–H and O–H groups in total. The van der Waals surface area contributed by atoms with E-state index in [1.165, 1.54) is 4.88 Å². The summed E-state index contributed by atoms with van der Waals surface area (Å²) in [7, 11) is 0. The molecule has 0 aliphatic rings. The lowest BCUT2D eigenvalue weighted by molar-refractivity contribution is 1.02. The zero-order valence-electron chi connectivity index (χ0n) is 10.8. The summed E-state index contributed by atoms with van der Waals surface area (Å²) in [5, 5.41) is 0.944. The van der Waals surface area contributed by atoms with Crippen LogP contribution in [0, 0.1) is 13.8 Å². The van der Waals surface area contributed by atoms with Gasteiger partial charge in [-0.15, -0.1) is 11.3 Å². The molecule has 3 aromatic rings. The fraction of sp³-hybridized carbons (Fsp3) is 0.143. The first-order chi connectivity index (χ1) is 9.15. The molecule has 0 saturated heterocycles. The summed E-state index contributed by atoms with van der Waals surface area (Å²) in [6, 6.07) is 7.71. The molecule has 0 aliphatic heterocycles. The summed E-state index contributed by atoms with van der Waals surface area (Å²) >= 11 is 1.67. The lowest BCUT2D eigenvalue weighted by atomic mass is 10.2. The predicted octanol–water partition coefficient (Wildman–Crippen LogP) is 3.19. The van der Waals surface area contributed by atoms with Gasteiger partial charge < -0.3 is 5.73 Å². The Kier molecular flexibility index (Phi) is 2.83. The van der Waals surface area contributed by atoms with E-state index in [-0.39, 0.29) is 0 Å². The number of nitrogens with zero attached hydrogens (tertiary/aromatic N) is 3. The summed E-state index contributed by atoms with van der Waals surface area (Å²) in [5.41, 5.74) is 8.57. The summed E-state index contributed by atoms with van der Waals surface area (Å²) in [4.78, 5) is 10.2. The lowest BCUT2D eigenvalue weighted by Crippen LogP contribution is -1.96. The van der Waals surface area contributed by atoms with Crippen molar-refractivity contribution in [1.82, 2.24) is 14.5 Å². The molecule has 2 heterocycles. The van der Waals surface area contributed by atoms with E-state index < -0.39 is 0 Å². The quantitative estimate of drug-likeness (QED) is 0.727. The smallest absolute Gasteiger partial charge is 0.195 e. The molecular formula is C14H14N4S. The fourth-order valence-corrected chi connectivity index (χ4v) is 2.76. The van der Waals surface area contributed by atoms with Gasteiger partial charge in [-0.1, -0.05) is 0 Å². The molecule has 0 spiro atoms. The minimum Gasteiger partial charge on any atom is -0.399 e. The van der Waals surface area contributed by atoms with E-state index in [1.54, 1.807) is 17.5 Å². The van der Waals surface area contributed by atoms with E-state index in [0.717, 1.165) is 27.9 Å². The van der Waals surface area contributed by atoms with Crippen molar-refractivity contribution in [1.29, 1.82) is 0 Å². The Morgan fingerprint density at radius 3 is 2.53 bits per heavy atom. The molecule has 5 heteroatoms. The number of imidazole rings is 1. The van der Waals surface area contributed by atoms with Crippen LogP contribution < -0.4 is 5.73 Å². The molecule has 0 amide bonds. The maximum Gasteiger partial charge on any atom is 0.195 e. The zero-order valence-corrected chi connectivity index (χ0v) is 11.6. The normalized spacial score (nSPS) is 10.8. The van der Waals surface area contributed by atoms with E-state index >= 15 is 0 Å². The Bertz CT molecular complexity index is 690. The third kappa shape index (κ3) is 2.13. The molecule has 96 valence electrons. The number of rotatable bonds is 2. The molecule has 19 heavy (non-hydrogen) atoms. The maximum atomic E-state index is 5.71. The molecule has 0 saturated carbocycles. The number of hydrogen-bond acceptors (Lipinski definition) is 4. The highest BCUT2D eigenvalue weighted by atomic mass is 32.1. The van der Waals surface area contributed by atoms with Crippen LogP contribution >= 0.6 is 11.3 Å². The van der Waals surface area contributed by atoms with E-state index in [0.29, 0.717) is 0 Å². The van der Waals surface area contributed by atoms with Gasteiger partial charge in [0, 0.05) is 28.5 Å². The van der Waals surface area contributed by atoms with Crippen LogP contribution in [0.5, 0.6) is 0 Å². The maximum absolute atomic E-state index is 5.71. The number of nitrogen functional groups attached to an aromatic ring is 1. The van der Waals surface area contributed by atoms with Gasteiger partial charge in [-0.25, -0.2) is 9.97 Å². The SMILES string of the molecule is Cc1nc(-n2ccnc2-c2ccc(N)cc2)sc1C. The second-order valence-electron chi connectivity index (χ2n) is 4.38. The number of hydrogen-bond donors (Lipinski definition) is 1. The predicted molar refractivity (Wildman–Crippen MR) is 78.6 cm³/mol. The summed E-state index contributed by atoms with van der Waals surface area (Å²) in [6.45, 7) is 4.10. The second kappa shape index (κ2) is 4.51. The van der Waals surface area contributed by atoms with Crippen molar-refractivity contribution in [2.24, 2.45) is 0 Å².